The number of ether oxygens (including phenoxy) is 2. The number of nitrogens with one attached hydrogen (secondary N) is 1. The maximum atomic E-state index is 13.1. The molecule has 6 heteroatoms. The summed E-state index contributed by atoms with van der Waals surface area (Å²) in [5.74, 6) is 0.642. The van der Waals surface area contributed by atoms with Gasteiger partial charge in [-0.1, -0.05) is 12.1 Å². The Hall–Kier alpha value is -4.11. The number of rotatable bonds is 8. The molecule has 0 radical (unpaired) electrons. The molecule has 0 heterocycles. The summed E-state index contributed by atoms with van der Waals surface area (Å²) in [5, 5.41) is 12.3. The molecule has 1 amide bonds. The number of nitrogens with zero attached hydrogens (tertiary/aromatic N) is 1. The largest absolute Gasteiger partial charge is 0.494 e. The lowest BCUT2D eigenvalue weighted by molar-refractivity contribution is -0.112. The van der Waals surface area contributed by atoms with Crippen LogP contribution in [0.1, 0.15) is 29.2 Å². The van der Waals surface area contributed by atoms with Gasteiger partial charge in [0.05, 0.1) is 6.61 Å². The highest BCUT2D eigenvalue weighted by molar-refractivity contribution is 6.09. The highest BCUT2D eigenvalue weighted by Crippen LogP contribution is 2.27. The Morgan fingerprint density at radius 2 is 1.67 bits per heavy atom. The fraction of sp³-hybridized carbons (Fsp3) is 0.185. The van der Waals surface area contributed by atoms with Crippen LogP contribution in [0.2, 0.25) is 0 Å². The van der Waals surface area contributed by atoms with Gasteiger partial charge in [-0.2, -0.15) is 5.26 Å². The number of carbonyl (C=O) groups excluding carboxylic acids is 1. The van der Waals surface area contributed by atoms with E-state index in [1.54, 1.807) is 42.5 Å². The van der Waals surface area contributed by atoms with Gasteiger partial charge in [-0.15, -0.1) is 0 Å². The Balaban J connectivity index is 1.72. The molecular weight excluding hydrogens is 419 g/mol. The monoisotopic (exact) mass is 444 g/mol. The first kappa shape index (κ1) is 23.6. The molecule has 0 bridgehead atoms. The van der Waals surface area contributed by atoms with E-state index in [4.69, 9.17) is 9.47 Å². The first-order valence-electron chi connectivity index (χ1n) is 10.5. The van der Waals surface area contributed by atoms with Gasteiger partial charge in [0.2, 0.25) is 0 Å². The first-order chi connectivity index (χ1) is 15.9. The zero-order valence-electron chi connectivity index (χ0n) is 18.8. The molecule has 33 heavy (non-hydrogen) atoms. The van der Waals surface area contributed by atoms with Crippen LogP contribution in [-0.2, 0) is 11.4 Å². The third-order valence-electron chi connectivity index (χ3n) is 4.88. The van der Waals surface area contributed by atoms with Crippen LogP contribution in [0.5, 0.6) is 11.5 Å². The molecule has 3 rings (SSSR count). The van der Waals surface area contributed by atoms with E-state index in [9.17, 15) is 14.4 Å². The predicted octanol–water partition coefficient (Wildman–Crippen LogP) is 5.97. The highest BCUT2D eigenvalue weighted by Gasteiger charge is 2.12. The average Bonchev–Trinajstić information content (AvgIpc) is 2.79. The topological polar surface area (TPSA) is 71.3 Å². The van der Waals surface area contributed by atoms with Crippen LogP contribution < -0.4 is 14.8 Å². The highest BCUT2D eigenvalue weighted by atomic mass is 19.1. The second-order valence-electron chi connectivity index (χ2n) is 7.48. The summed E-state index contributed by atoms with van der Waals surface area (Å²) in [6, 6.07) is 18.8. The SMILES string of the molecule is CCOc1ccc(NC(=O)/C(C#N)=C/c2cc(C)c(OCc3ccc(F)cc3)c(C)c2)cc1. The summed E-state index contributed by atoms with van der Waals surface area (Å²) >= 11 is 0. The van der Waals surface area contributed by atoms with Crippen molar-refractivity contribution in [2.24, 2.45) is 0 Å². The predicted molar refractivity (Wildman–Crippen MR) is 126 cm³/mol. The van der Waals surface area contributed by atoms with Gasteiger partial charge in [0, 0.05) is 5.69 Å². The minimum absolute atomic E-state index is 0.0114. The van der Waals surface area contributed by atoms with Gasteiger partial charge < -0.3 is 14.8 Å². The van der Waals surface area contributed by atoms with Gasteiger partial charge in [-0.25, -0.2) is 4.39 Å². The summed E-state index contributed by atoms with van der Waals surface area (Å²) in [7, 11) is 0. The number of nitriles is 1. The van der Waals surface area contributed by atoms with Crippen LogP contribution in [0.25, 0.3) is 6.08 Å². The molecule has 0 saturated carbocycles. The molecule has 0 fully saturated rings. The third kappa shape index (κ3) is 6.44. The zero-order valence-corrected chi connectivity index (χ0v) is 18.8. The second-order valence-corrected chi connectivity index (χ2v) is 7.48. The van der Waals surface area contributed by atoms with E-state index in [1.807, 2.05) is 39.0 Å². The molecule has 0 aliphatic carbocycles. The third-order valence-corrected chi connectivity index (χ3v) is 4.88. The number of amides is 1. The number of hydrogen-bond donors (Lipinski definition) is 1. The Labute approximate surface area is 193 Å². The van der Waals surface area contributed by atoms with Crippen molar-refractivity contribution >= 4 is 17.7 Å². The van der Waals surface area contributed by atoms with Gasteiger partial charge >= 0.3 is 0 Å². The fourth-order valence-electron chi connectivity index (χ4n) is 3.35. The molecule has 168 valence electrons. The normalized spacial score (nSPS) is 10.9. The van der Waals surface area contributed by atoms with Crippen molar-refractivity contribution < 1.29 is 18.7 Å². The molecule has 1 N–H and O–H groups in total. The second kappa shape index (κ2) is 11.0. The van der Waals surface area contributed by atoms with E-state index < -0.39 is 5.91 Å². The van der Waals surface area contributed by atoms with E-state index in [0.717, 1.165) is 22.3 Å². The van der Waals surface area contributed by atoms with E-state index in [0.29, 0.717) is 30.4 Å². The van der Waals surface area contributed by atoms with Crippen LogP contribution in [0.15, 0.2) is 66.2 Å². The van der Waals surface area contributed by atoms with Gasteiger partial charge in [-0.3, -0.25) is 4.79 Å². The van der Waals surface area contributed by atoms with Crippen LogP contribution >= 0.6 is 0 Å². The number of aryl methyl sites for hydroxylation is 2. The summed E-state index contributed by atoms with van der Waals surface area (Å²) in [6.45, 7) is 6.56. The van der Waals surface area contributed by atoms with Gasteiger partial charge in [0.25, 0.3) is 5.91 Å². The zero-order chi connectivity index (χ0) is 23.8. The lowest BCUT2D eigenvalue weighted by Gasteiger charge is -2.13. The lowest BCUT2D eigenvalue weighted by atomic mass is 10.0. The number of benzene rings is 3. The van der Waals surface area contributed by atoms with Crippen molar-refractivity contribution in [3.63, 3.8) is 0 Å². The molecule has 0 aliphatic heterocycles. The van der Waals surface area contributed by atoms with Crippen molar-refractivity contribution in [3.05, 3.63) is 94.3 Å². The number of carbonyl (C=O) groups is 1. The van der Waals surface area contributed by atoms with Gasteiger partial charge in [0.1, 0.15) is 35.6 Å². The van der Waals surface area contributed by atoms with Crippen LogP contribution in [0.4, 0.5) is 10.1 Å². The molecule has 5 nitrogen and oxygen atoms in total. The molecule has 0 atom stereocenters. The quantitative estimate of drug-likeness (QED) is 0.343. The lowest BCUT2D eigenvalue weighted by Crippen LogP contribution is -2.13. The van der Waals surface area contributed by atoms with Gasteiger partial charge in [0.15, 0.2) is 0 Å². The standard InChI is InChI=1S/C27H25FN2O3/c1-4-32-25-11-9-24(10-12-25)30-27(31)22(16-29)15-21-13-18(2)26(19(3)14-21)33-17-20-5-7-23(28)8-6-20/h5-15H,4,17H2,1-3H3,(H,30,31)/b22-15+. The summed E-state index contributed by atoms with van der Waals surface area (Å²) in [6.07, 6.45) is 1.55. The first-order valence-corrected chi connectivity index (χ1v) is 10.5. The minimum atomic E-state index is -0.492. The molecule has 3 aromatic carbocycles. The van der Waals surface area contributed by atoms with E-state index >= 15 is 0 Å². The Morgan fingerprint density at radius 3 is 2.24 bits per heavy atom. The number of anilines is 1. The molecule has 0 unspecified atom stereocenters. The van der Waals surface area contributed by atoms with E-state index in [1.165, 1.54) is 12.1 Å². The molecular formula is C27H25FN2O3. The van der Waals surface area contributed by atoms with Crippen LogP contribution in [0, 0.1) is 31.0 Å². The van der Waals surface area contributed by atoms with Crippen molar-refractivity contribution in [1.29, 1.82) is 5.26 Å². The fourth-order valence-corrected chi connectivity index (χ4v) is 3.35. The average molecular weight is 445 g/mol. The molecule has 0 aromatic heterocycles. The van der Waals surface area contributed by atoms with Crippen LogP contribution in [0.3, 0.4) is 0 Å². The number of hydrogen-bond acceptors (Lipinski definition) is 4. The van der Waals surface area contributed by atoms with Crippen LogP contribution in [-0.4, -0.2) is 12.5 Å². The van der Waals surface area contributed by atoms with Crippen molar-refractivity contribution in [2.75, 3.05) is 11.9 Å². The van der Waals surface area contributed by atoms with Crippen molar-refractivity contribution in [2.45, 2.75) is 27.4 Å². The smallest absolute Gasteiger partial charge is 0.266 e. The maximum absolute atomic E-state index is 13.1. The van der Waals surface area contributed by atoms with Gasteiger partial charge in [-0.05, 0) is 97.6 Å². The number of halogens is 1. The van der Waals surface area contributed by atoms with Crippen molar-refractivity contribution in [1.82, 2.24) is 0 Å². The summed E-state index contributed by atoms with van der Waals surface area (Å²) < 4.78 is 24.4. The maximum Gasteiger partial charge on any atom is 0.266 e. The Kier molecular flexibility index (Phi) is 7.82. The molecule has 0 saturated heterocycles. The van der Waals surface area contributed by atoms with E-state index in [2.05, 4.69) is 5.32 Å². The Morgan fingerprint density at radius 1 is 1.03 bits per heavy atom. The summed E-state index contributed by atoms with van der Waals surface area (Å²) in [5.41, 5.74) is 3.87. The Bertz CT molecular complexity index is 1170. The van der Waals surface area contributed by atoms with E-state index in [-0.39, 0.29) is 11.4 Å². The van der Waals surface area contributed by atoms with Crippen molar-refractivity contribution in [3.8, 4) is 17.6 Å². The molecule has 3 aromatic rings. The summed E-state index contributed by atoms with van der Waals surface area (Å²) in [4.78, 5) is 12.6. The molecule has 0 spiro atoms. The molecule has 0 aliphatic rings. The minimum Gasteiger partial charge on any atom is -0.494 e.